The van der Waals surface area contributed by atoms with Crippen molar-refractivity contribution in [1.82, 2.24) is 10.7 Å². The lowest BCUT2D eigenvalue weighted by molar-refractivity contribution is -0.139. The maximum atomic E-state index is 11.0. The Hall–Kier alpha value is -1.10. The predicted octanol–water partition coefficient (Wildman–Crippen LogP) is -0.473. The first kappa shape index (κ1) is 11.9. The summed E-state index contributed by atoms with van der Waals surface area (Å²) in [5.41, 5.74) is 1.77. The van der Waals surface area contributed by atoms with Crippen LogP contribution in [-0.2, 0) is 9.59 Å². The van der Waals surface area contributed by atoms with Crippen LogP contribution in [-0.4, -0.2) is 17.9 Å². The summed E-state index contributed by atoms with van der Waals surface area (Å²) in [7, 11) is 0. The van der Waals surface area contributed by atoms with E-state index in [0.29, 0.717) is 5.92 Å². The number of rotatable bonds is 3. The van der Waals surface area contributed by atoms with Gasteiger partial charge in [-0.2, -0.15) is 0 Å². The normalized spacial score (nSPS) is 12.4. The van der Waals surface area contributed by atoms with Gasteiger partial charge in [0, 0.05) is 6.04 Å². The van der Waals surface area contributed by atoms with E-state index < -0.39 is 11.8 Å². The highest BCUT2D eigenvalue weighted by Crippen LogP contribution is 2.03. The van der Waals surface area contributed by atoms with E-state index in [1.54, 1.807) is 5.43 Å². The van der Waals surface area contributed by atoms with Crippen LogP contribution in [0.5, 0.6) is 0 Å². The van der Waals surface area contributed by atoms with Gasteiger partial charge in [0.15, 0.2) is 0 Å². The second-order valence-electron chi connectivity index (χ2n) is 3.48. The summed E-state index contributed by atoms with van der Waals surface area (Å²) in [6.07, 6.45) is 0.837. The average molecular weight is 187 g/mol. The monoisotopic (exact) mass is 187 g/mol. The molecular formula is C8H17N3O2. The number of carbonyl (C=O) groups excluding carboxylic acids is 2. The van der Waals surface area contributed by atoms with E-state index in [-0.39, 0.29) is 6.04 Å². The molecule has 0 aromatic carbocycles. The number of hydrogen-bond donors (Lipinski definition) is 3. The van der Waals surface area contributed by atoms with Gasteiger partial charge in [-0.25, -0.2) is 5.84 Å². The van der Waals surface area contributed by atoms with Gasteiger partial charge in [0.1, 0.15) is 0 Å². The fourth-order valence-corrected chi connectivity index (χ4v) is 1.12. The lowest BCUT2D eigenvalue weighted by Crippen LogP contribution is -2.46. The minimum Gasteiger partial charge on any atom is -0.345 e. The zero-order valence-electron chi connectivity index (χ0n) is 8.26. The first-order valence-corrected chi connectivity index (χ1v) is 4.28. The SMILES string of the molecule is CC(C)CC(C)NC(=O)C(=O)NN. The molecular weight excluding hydrogens is 170 g/mol. The van der Waals surface area contributed by atoms with E-state index in [1.807, 2.05) is 20.8 Å². The molecule has 0 aliphatic rings. The zero-order chi connectivity index (χ0) is 10.4. The van der Waals surface area contributed by atoms with Gasteiger partial charge in [-0.1, -0.05) is 13.8 Å². The van der Waals surface area contributed by atoms with Crippen LogP contribution in [0.3, 0.4) is 0 Å². The standard InChI is InChI=1S/C8H17N3O2/c1-5(2)4-6(3)10-7(12)8(13)11-9/h5-6H,4,9H2,1-3H3,(H,10,12)(H,11,13). The molecule has 0 fully saturated rings. The highest BCUT2D eigenvalue weighted by molar-refractivity contribution is 6.34. The first-order valence-electron chi connectivity index (χ1n) is 4.28. The average Bonchev–Trinajstić information content (AvgIpc) is 2.01. The molecule has 0 bridgehead atoms. The molecule has 1 unspecified atom stereocenters. The minimum atomic E-state index is -0.810. The summed E-state index contributed by atoms with van der Waals surface area (Å²) < 4.78 is 0. The highest BCUT2D eigenvalue weighted by Gasteiger charge is 2.14. The van der Waals surface area contributed by atoms with E-state index >= 15 is 0 Å². The molecule has 0 spiro atoms. The van der Waals surface area contributed by atoms with Gasteiger partial charge in [-0.3, -0.25) is 15.0 Å². The van der Waals surface area contributed by atoms with Gasteiger partial charge in [0.25, 0.3) is 0 Å². The lowest BCUT2D eigenvalue weighted by atomic mass is 10.1. The molecule has 0 saturated carbocycles. The molecule has 1 atom stereocenters. The molecule has 0 aliphatic carbocycles. The largest absolute Gasteiger partial charge is 0.345 e. The Kier molecular flexibility index (Phi) is 5.06. The number of hydrazine groups is 1. The van der Waals surface area contributed by atoms with Crippen molar-refractivity contribution < 1.29 is 9.59 Å². The molecule has 13 heavy (non-hydrogen) atoms. The van der Waals surface area contributed by atoms with Crippen LogP contribution in [0, 0.1) is 5.92 Å². The van der Waals surface area contributed by atoms with Crippen molar-refractivity contribution in [3.8, 4) is 0 Å². The van der Waals surface area contributed by atoms with Crippen LogP contribution in [0.1, 0.15) is 27.2 Å². The molecule has 0 aliphatic heterocycles. The van der Waals surface area contributed by atoms with Crippen molar-refractivity contribution in [3.05, 3.63) is 0 Å². The van der Waals surface area contributed by atoms with Gasteiger partial charge in [0.2, 0.25) is 0 Å². The molecule has 0 heterocycles. The third-order valence-corrected chi connectivity index (χ3v) is 1.54. The molecule has 0 saturated heterocycles. The fraction of sp³-hybridized carbons (Fsp3) is 0.750. The summed E-state index contributed by atoms with van der Waals surface area (Å²) in [5.74, 6) is 3.78. The maximum absolute atomic E-state index is 11.0. The van der Waals surface area contributed by atoms with Gasteiger partial charge in [-0.15, -0.1) is 0 Å². The minimum absolute atomic E-state index is 0.00944. The summed E-state index contributed by atoms with van der Waals surface area (Å²) >= 11 is 0. The van der Waals surface area contributed by atoms with E-state index in [1.165, 1.54) is 0 Å². The molecule has 0 radical (unpaired) electrons. The quantitative estimate of drug-likeness (QED) is 0.242. The zero-order valence-corrected chi connectivity index (χ0v) is 8.26. The van der Waals surface area contributed by atoms with E-state index in [0.717, 1.165) is 6.42 Å². The van der Waals surface area contributed by atoms with Gasteiger partial charge < -0.3 is 5.32 Å². The van der Waals surface area contributed by atoms with Crippen LogP contribution < -0.4 is 16.6 Å². The van der Waals surface area contributed by atoms with Crippen molar-refractivity contribution in [3.63, 3.8) is 0 Å². The Morgan fingerprint density at radius 3 is 2.15 bits per heavy atom. The summed E-state index contributed by atoms with van der Waals surface area (Å²) in [5, 5.41) is 2.53. The molecule has 5 heteroatoms. The molecule has 0 aromatic heterocycles. The smallest absolute Gasteiger partial charge is 0.323 e. The van der Waals surface area contributed by atoms with E-state index in [4.69, 9.17) is 5.84 Å². The maximum Gasteiger partial charge on any atom is 0.323 e. The molecule has 2 amide bonds. The second kappa shape index (κ2) is 5.53. The van der Waals surface area contributed by atoms with Crippen LogP contribution in [0.15, 0.2) is 0 Å². The molecule has 0 rings (SSSR count). The number of hydrogen-bond acceptors (Lipinski definition) is 3. The van der Waals surface area contributed by atoms with Crippen molar-refractivity contribution in [2.24, 2.45) is 11.8 Å². The van der Waals surface area contributed by atoms with Crippen molar-refractivity contribution in [2.75, 3.05) is 0 Å². The molecule has 4 N–H and O–H groups in total. The Balaban J connectivity index is 3.85. The van der Waals surface area contributed by atoms with Crippen LogP contribution >= 0.6 is 0 Å². The van der Waals surface area contributed by atoms with Crippen molar-refractivity contribution in [1.29, 1.82) is 0 Å². The van der Waals surface area contributed by atoms with Crippen molar-refractivity contribution in [2.45, 2.75) is 33.2 Å². The van der Waals surface area contributed by atoms with Crippen LogP contribution in [0.25, 0.3) is 0 Å². The first-order chi connectivity index (χ1) is 5.97. The third kappa shape index (κ3) is 5.19. The number of nitrogens with two attached hydrogens (primary N) is 1. The van der Waals surface area contributed by atoms with Gasteiger partial charge >= 0.3 is 11.8 Å². The molecule has 76 valence electrons. The van der Waals surface area contributed by atoms with E-state index in [9.17, 15) is 9.59 Å². The molecule has 5 nitrogen and oxygen atoms in total. The Morgan fingerprint density at radius 1 is 1.23 bits per heavy atom. The predicted molar refractivity (Wildman–Crippen MR) is 49.4 cm³/mol. The van der Waals surface area contributed by atoms with Crippen LogP contribution in [0.4, 0.5) is 0 Å². The second-order valence-corrected chi connectivity index (χ2v) is 3.48. The lowest BCUT2D eigenvalue weighted by Gasteiger charge is -2.14. The third-order valence-electron chi connectivity index (χ3n) is 1.54. The molecule has 0 aromatic rings. The summed E-state index contributed by atoms with van der Waals surface area (Å²) in [4.78, 5) is 21.6. The number of nitrogens with one attached hydrogen (secondary N) is 2. The summed E-state index contributed by atoms with van der Waals surface area (Å²) in [6, 6.07) is -0.00944. The number of amides is 2. The van der Waals surface area contributed by atoms with E-state index in [2.05, 4.69) is 5.32 Å². The fourth-order valence-electron chi connectivity index (χ4n) is 1.12. The topological polar surface area (TPSA) is 84.2 Å². The highest BCUT2D eigenvalue weighted by atomic mass is 16.2. The van der Waals surface area contributed by atoms with Crippen LogP contribution in [0.2, 0.25) is 0 Å². The van der Waals surface area contributed by atoms with Crippen molar-refractivity contribution >= 4 is 11.8 Å². The van der Waals surface area contributed by atoms with Gasteiger partial charge in [-0.05, 0) is 19.3 Å². The summed E-state index contributed by atoms with van der Waals surface area (Å²) in [6.45, 7) is 5.94. The number of carbonyl (C=O) groups is 2. The Labute approximate surface area is 78.0 Å². The Bertz CT molecular complexity index is 192. The Morgan fingerprint density at radius 2 is 1.77 bits per heavy atom. The van der Waals surface area contributed by atoms with Gasteiger partial charge in [0.05, 0.1) is 0 Å².